The largest absolute Gasteiger partial charge is 0.478 e. The minimum absolute atomic E-state index is 0.0286. The fraction of sp³-hybridized carbons (Fsp3) is 0.533. The van der Waals surface area contributed by atoms with Gasteiger partial charge in [0.1, 0.15) is 0 Å². The number of hydrogen-bond donors (Lipinski definition) is 2. The Labute approximate surface area is 119 Å². The number of hydrogen-bond acceptors (Lipinski definition) is 3. The summed E-state index contributed by atoms with van der Waals surface area (Å²) < 4.78 is 19.2. The number of amides is 1. The zero-order valence-corrected chi connectivity index (χ0v) is 12.5. The Balaban J connectivity index is 2.66. The third-order valence-corrected chi connectivity index (χ3v) is 2.68. The first kappa shape index (κ1) is 16.4. The minimum Gasteiger partial charge on any atom is -0.478 e. The molecular formula is C15H23FN2O2. The Morgan fingerprint density at radius 3 is 2.60 bits per heavy atom. The van der Waals surface area contributed by atoms with Crippen molar-refractivity contribution in [3.8, 4) is 5.75 Å². The van der Waals surface area contributed by atoms with Crippen molar-refractivity contribution < 1.29 is 13.9 Å². The maximum absolute atomic E-state index is 13.9. The Morgan fingerprint density at radius 2 is 2.05 bits per heavy atom. The smallest absolute Gasteiger partial charge is 0.260 e. The maximum Gasteiger partial charge on any atom is 0.260 e. The van der Waals surface area contributed by atoms with Gasteiger partial charge < -0.3 is 15.4 Å². The van der Waals surface area contributed by atoms with Crippen LogP contribution >= 0.6 is 0 Å². The van der Waals surface area contributed by atoms with Crippen molar-refractivity contribution in [1.29, 1.82) is 0 Å². The maximum atomic E-state index is 13.9. The summed E-state index contributed by atoms with van der Waals surface area (Å²) >= 11 is 0. The summed E-state index contributed by atoms with van der Waals surface area (Å²) in [6.45, 7) is 8.75. The van der Waals surface area contributed by atoms with Crippen LogP contribution in [0.25, 0.3) is 0 Å². The molecule has 20 heavy (non-hydrogen) atoms. The first-order valence-electron chi connectivity index (χ1n) is 6.90. The van der Waals surface area contributed by atoms with Crippen LogP contribution in [0.3, 0.4) is 0 Å². The summed E-state index contributed by atoms with van der Waals surface area (Å²) in [6, 6.07) is 4.79. The van der Waals surface area contributed by atoms with Crippen molar-refractivity contribution in [2.24, 2.45) is 0 Å². The summed E-state index contributed by atoms with van der Waals surface area (Å²) in [5.74, 6) is -0.614. The average molecular weight is 282 g/mol. The van der Waals surface area contributed by atoms with Gasteiger partial charge in [0.25, 0.3) is 5.91 Å². The van der Waals surface area contributed by atoms with Crippen LogP contribution in [0.1, 0.15) is 33.3 Å². The molecule has 0 aliphatic heterocycles. The number of carbonyl (C=O) groups is 1. The van der Waals surface area contributed by atoms with Crippen LogP contribution in [0.4, 0.5) is 4.39 Å². The highest BCUT2D eigenvalue weighted by Crippen LogP contribution is 2.19. The molecule has 0 saturated heterocycles. The number of carbonyl (C=O) groups excluding carboxylic acids is 1. The lowest BCUT2D eigenvalue weighted by Crippen LogP contribution is -2.40. The van der Waals surface area contributed by atoms with E-state index >= 15 is 0 Å². The standard InChI is InChI=1S/C15H23FN2O2/c1-5-17-9-12-6-7-14(13(16)8-12)20-11(4)15(19)18-10(2)3/h6-8,10-11,17H,5,9H2,1-4H3,(H,18,19). The number of benzene rings is 1. The topological polar surface area (TPSA) is 50.4 Å². The molecule has 5 heteroatoms. The van der Waals surface area contributed by atoms with Crippen molar-refractivity contribution >= 4 is 5.91 Å². The fourth-order valence-corrected chi connectivity index (χ4v) is 1.67. The van der Waals surface area contributed by atoms with E-state index in [0.717, 1.165) is 12.1 Å². The fourth-order valence-electron chi connectivity index (χ4n) is 1.67. The predicted molar refractivity (Wildman–Crippen MR) is 77.1 cm³/mol. The molecule has 0 spiro atoms. The third-order valence-electron chi connectivity index (χ3n) is 2.68. The van der Waals surface area contributed by atoms with Gasteiger partial charge in [-0.2, -0.15) is 0 Å². The van der Waals surface area contributed by atoms with Gasteiger partial charge in [0.05, 0.1) is 0 Å². The monoisotopic (exact) mass is 282 g/mol. The van der Waals surface area contributed by atoms with Crippen LogP contribution < -0.4 is 15.4 Å². The van der Waals surface area contributed by atoms with Gasteiger partial charge in [-0.05, 0) is 45.0 Å². The van der Waals surface area contributed by atoms with E-state index in [9.17, 15) is 9.18 Å². The first-order chi connectivity index (χ1) is 9.43. The minimum atomic E-state index is -0.730. The van der Waals surface area contributed by atoms with Crippen molar-refractivity contribution in [2.45, 2.75) is 46.4 Å². The molecule has 0 aliphatic carbocycles. The molecule has 1 rings (SSSR count). The molecule has 112 valence electrons. The molecule has 1 unspecified atom stereocenters. The van der Waals surface area contributed by atoms with Crippen LogP contribution in [0, 0.1) is 5.82 Å². The van der Waals surface area contributed by atoms with E-state index in [4.69, 9.17) is 4.74 Å². The lowest BCUT2D eigenvalue weighted by atomic mass is 10.2. The average Bonchev–Trinajstić information content (AvgIpc) is 2.38. The second kappa shape index (κ2) is 7.85. The SMILES string of the molecule is CCNCc1ccc(OC(C)C(=O)NC(C)C)c(F)c1. The Hall–Kier alpha value is -1.62. The number of rotatable bonds is 7. The molecule has 0 heterocycles. The van der Waals surface area contributed by atoms with Crippen molar-refractivity contribution in [1.82, 2.24) is 10.6 Å². The van der Waals surface area contributed by atoms with Gasteiger partial charge in [-0.3, -0.25) is 4.79 Å². The molecule has 0 radical (unpaired) electrons. The quantitative estimate of drug-likeness (QED) is 0.806. The molecule has 2 N–H and O–H groups in total. The van der Waals surface area contributed by atoms with Gasteiger partial charge in [-0.25, -0.2) is 4.39 Å². The number of ether oxygens (including phenoxy) is 1. The molecule has 0 aromatic heterocycles. The van der Waals surface area contributed by atoms with Gasteiger partial charge in [-0.1, -0.05) is 13.0 Å². The zero-order valence-electron chi connectivity index (χ0n) is 12.5. The van der Waals surface area contributed by atoms with E-state index in [1.54, 1.807) is 19.1 Å². The molecule has 1 aromatic carbocycles. The van der Waals surface area contributed by atoms with Gasteiger partial charge in [0.2, 0.25) is 0 Å². The summed E-state index contributed by atoms with van der Waals surface area (Å²) in [5, 5.41) is 5.85. The molecule has 1 amide bonds. The van der Waals surface area contributed by atoms with Crippen LogP contribution in [0.15, 0.2) is 18.2 Å². The second-order valence-electron chi connectivity index (χ2n) is 4.97. The third kappa shape index (κ3) is 5.17. The zero-order chi connectivity index (χ0) is 15.1. The number of nitrogens with one attached hydrogen (secondary N) is 2. The first-order valence-corrected chi connectivity index (χ1v) is 6.90. The molecule has 1 aromatic rings. The molecular weight excluding hydrogens is 259 g/mol. The van der Waals surface area contributed by atoms with Gasteiger partial charge in [-0.15, -0.1) is 0 Å². The molecule has 0 saturated carbocycles. The van der Waals surface area contributed by atoms with E-state index in [1.807, 2.05) is 20.8 Å². The van der Waals surface area contributed by atoms with Crippen molar-refractivity contribution in [2.75, 3.05) is 6.54 Å². The molecule has 1 atom stereocenters. The lowest BCUT2D eigenvalue weighted by molar-refractivity contribution is -0.127. The summed E-state index contributed by atoms with van der Waals surface area (Å²) in [4.78, 5) is 11.7. The highest BCUT2D eigenvalue weighted by atomic mass is 19.1. The van der Waals surface area contributed by atoms with Crippen LogP contribution in [-0.2, 0) is 11.3 Å². The lowest BCUT2D eigenvalue weighted by Gasteiger charge is -2.17. The normalized spacial score (nSPS) is 12.3. The van der Waals surface area contributed by atoms with Gasteiger partial charge >= 0.3 is 0 Å². The molecule has 0 bridgehead atoms. The van der Waals surface area contributed by atoms with E-state index in [-0.39, 0.29) is 17.7 Å². The van der Waals surface area contributed by atoms with Gasteiger partial charge in [0.15, 0.2) is 17.7 Å². The van der Waals surface area contributed by atoms with E-state index in [0.29, 0.717) is 6.54 Å². The number of halogens is 1. The second-order valence-corrected chi connectivity index (χ2v) is 4.97. The highest BCUT2D eigenvalue weighted by molar-refractivity contribution is 5.80. The Morgan fingerprint density at radius 1 is 1.35 bits per heavy atom. The van der Waals surface area contributed by atoms with Crippen molar-refractivity contribution in [3.05, 3.63) is 29.6 Å². The molecule has 4 nitrogen and oxygen atoms in total. The summed E-state index contributed by atoms with van der Waals surface area (Å²) in [5.41, 5.74) is 0.844. The highest BCUT2D eigenvalue weighted by Gasteiger charge is 2.17. The summed E-state index contributed by atoms with van der Waals surface area (Å²) in [6.07, 6.45) is -0.730. The Kier molecular flexibility index (Phi) is 6.45. The van der Waals surface area contributed by atoms with Gasteiger partial charge in [0, 0.05) is 12.6 Å². The molecule has 0 fully saturated rings. The van der Waals surface area contributed by atoms with Crippen LogP contribution in [0.2, 0.25) is 0 Å². The van der Waals surface area contributed by atoms with E-state index in [1.165, 1.54) is 6.07 Å². The van der Waals surface area contributed by atoms with Crippen LogP contribution in [-0.4, -0.2) is 24.6 Å². The van der Waals surface area contributed by atoms with Crippen molar-refractivity contribution in [3.63, 3.8) is 0 Å². The van der Waals surface area contributed by atoms with E-state index in [2.05, 4.69) is 10.6 Å². The van der Waals surface area contributed by atoms with Crippen LogP contribution in [0.5, 0.6) is 5.75 Å². The summed E-state index contributed by atoms with van der Waals surface area (Å²) in [7, 11) is 0. The predicted octanol–water partition coefficient (Wildman–Crippen LogP) is 2.23. The van der Waals surface area contributed by atoms with E-state index < -0.39 is 11.9 Å². The molecule has 0 aliphatic rings. The Bertz CT molecular complexity index is 449.